The van der Waals surface area contributed by atoms with E-state index in [2.05, 4.69) is 16.0 Å². The summed E-state index contributed by atoms with van der Waals surface area (Å²) < 4.78 is 13.0. The van der Waals surface area contributed by atoms with Crippen LogP contribution < -0.4 is 16.0 Å². The molecule has 3 rings (SSSR count). The quantitative estimate of drug-likeness (QED) is 0.665. The average molecular weight is 383 g/mol. The van der Waals surface area contributed by atoms with Crippen LogP contribution in [0.15, 0.2) is 48.5 Å². The number of carbonyl (C=O) groups excluding carboxylic acids is 2. The van der Waals surface area contributed by atoms with Crippen LogP contribution in [0.3, 0.4) is 0 Å². The maximum atomic E-state index is 13.0. The third kappa shape index (κ3) is 5.89. The van der Waals surface area contributed by atoms with Crippen LogP contribution >= 0.6 is 0 Å². The van der Waals surface area contributed by atoms with Gasteiger partial charge in [-0.15, -0.1) is 0 Å². The molecular weight excluding hydrogens is 357 g/mol. The van der Waals surface area contributed by atoms with Crippen molar-refractivity contribution in [3.63, 3.8) is 0 Å². The van der Waals surface area contributed by atoms with Gasteiger partial charge < -0.3 is 16.0 Å². The Labute approximate surface area is 164 Å². The fraction of sp³-hybridized carbons (Fsp3) is 0.364. The van der Waals surface area contributed by atoms with Crippen molar-refractivity contribution in [3.8, 4) is 0 Å². The van der Waals surface area contributed by atoms with Crippen molar-refractivity contribution in [3.05, 3.63) is 65.5 Å². The summed E-state index contributed by atoms with van der Waals surface area (Å²) in [5.41, 5.74) is 2.32. The molecule has 1 fully saturated rings. The maximum absolute atomic E-state index is 13.0. The Bertz CT molecular complexity index is 815. The van der Waals surface area contributed by atoms with E-state index in [1.54, 1.807) is 24.3 Å². The molecule has 28 heavy (non-hydrogen) atoms. The molecule has 0 aromatic heterocycles. The number of ketones is 1. The number of anilines is 1. The van der Waals surface area contributed by atoms with Crippen LogP contribution in [0.25, 0.3) is 0 Å². The van der Waals surface area contributed by atoms with Gasteiger partial charge in [-0.3, -0.25) is 4.79 Å². The minimum atomic E-state index is -0.282. The molecule has 2 amide bonds. The van der Waals surface area contributed by atoms with E-state index >= 15 is 0 Å². The van der Waals surface area contributed by atoms with Crippen LogP contribution in [0, 0.1) is 11.7 Å². The minimum absolute atomic E-state index is 0.0364. The van der Waals surface area contributed by atoms with E-state index in [1.165, 1.54) is 19.1 Å². The van der Waals surface area contributed by atoms with Gasteiger partial charge in [0.25, 0.3) is 0 Å². The van der Waals surface area contributed by atoms with Crippen LogP contribution in [-0.2, 0) is 6.42 Å². The number of nitrogens with one attached hydrogen (secondary N) is 3. The van der Waals surface area contributed by atoms with Gasteiger partial charge >= 0.3 is 6.03 Å². The molecule has 2 aromatic carbocycles. The Balaban J connectivity index is 1.39. The number of halogens is 1. The summed E-state index contributed by atoms with van der Waals surface area (Å²) in [7, 11) is 0. The molecule has 2 aromatic rings. The van der Waals surface area contributed by atoms with E-state index in [0.717, 1.165) is 31.4 Å². The topological polar surface area (TPSA) is 70.2 Å². The maximum Gasteiger partial charge on any atom is 0.319 e. The molecule has 148 valence electrons. The number of amides is 2. The van der Waals surface area contributed by atoms with E-state index in [-0.39, 0.29) is 23.7 Å². The van der Waals surface area contributed by atoms with Crippen molar-refractivity contribution in [1.82, 2.24) is 10.6 Å². The number of hydrogen-bond donors (Lipinski definition) is 3. The Morgan fingerprint density at radius 3 is 2.61 bits per heavy atom. The molecular formula is C22H26FN3O2. The van der Waals surface area contributed by atoms with Crippen molar-refractivity contribution in [1.29, 1.82) is 0 Å². The monoisotopic (exact) mass is 383 g/mol. The Kier molecular flexibility index (Phi) is 6.76. The van der Waals surface area contributed by atoms with E-state index < -0.39 is 0 Å². The van der Waals surface area contributed by atoms with Gasteiger partial charge in [0.1, 0.15) is 5.82 Å². The van der Waals surface area contributed by atoms with Crippen molar-refractivity contribution < 1.29 is 14.0 Å². The van der Waals surface area contributed by atoms with Gasteiger partial charge in [-0.25, -0.2) is 9.18 Å². The molecule has 1 heterocycles. The number of carbonyl (C=O) groups is 2. The lowest BCUT2D eigenvalue weighted by Crippen LogP contribution is -2.47. The second-order valence-electron chi connectivity index (χ2n) is 7.35. The summed E-state index contributed by atoms with van der Waals surface area (Å²) in [5.74, 6) is 0.276. The standard InChI is InChI=1S/C22H26FN3O2/c1-15(27)18-3-2-4-20(12-18)26-22(28)25-14-21-10-7-17(13-24-21)11-16-5-8-19(23)9-6-16/h2-6,8-9,12,17,21,24H,7,10-11,13-14H2,1H3,(H2,25,26,28)/t17-,21-/m0/s1. The lowest BCUT2D eigenvalue weighted by molar-refractivity contribution is 0.101. The van der Waals surface area contributed by atoms with E-state index in [4.69, 9.17) is 0 Å². The second kappa shape index (κ2) is 9.46. The first-order valence-electron chi connectivity index (χ1n) is 9.63. The molecule has 1 saturated heterocycles. The lowest BCUT2D eigenvalue weighted by Gasteiger charge is -2.30. The second-order valence-corrected chi connectivity index (χ2v) is 7.35. The molecule has 0 radical (unpaired) electrons. The summed E-state index contributed by atoms with van der Waals surface area (Å²) in [6.45, 7) is 2.92. The SMILES string of the molecule is CC(=O)c1cccc(NC(=O)NC[C@@H]2CC[C@@H](Cc3ccc(F)cc3)CN2)c1. The Hall–Kier alpha value is -2.73. The summed E-state index contributed by atoms with van der Waals surface area (Å²) >= 11 is 0. The van der Waals surface area contributed by atoms with Crippen LogP contribution in [0.1, 0.15) is 35.7 Å². The number of hydrogen-bond acceptors (Lipinski definition) is 3. The first-order valence-corrected chi connectivity index (χ1v) is 9.63. The first-order chi connectivity index (χ1) is 13.5. The summed E-state index contributed by atoms with van der Waals surface area (Å²) in [5, 5.41) is 9.13. The highest BCUT2D eigenvalue weighted by Crippen LogP contribution is 2.19. The Morgan fingerprint density at radius 1 is 1.14 bits per heavy atom. The Morgan fingerprint density at radius 2 is 1.93 bits per heavy atom. The fourth-order valence-corrected chi connectivity index (χ4v) is 3.48. The van der Waals surface area contributed by atoms with Crippen molar-refractivity contribution in [2.75, 3.05) is 18.4 Å². The third-order valence-corrected chi connectivity index (χ3v) is 5.09. The first kappa shape index (κ1) is 20.0. The summed E-state index contributed by atoms with van der Waals surface area (Å²) in [4.78, 5) is 23.5. The highest BCUT2D eigenvalue weighted by atomic mass is 19.1. The zero-order chi connectivity index (χ0) is 19.9. The normalized spacial score (nSPS) is 19.1. The molecule has 0 bridgehead atoms. The molecule has 2 atom stereocenters. The number of piperidine rings is 1. The molecule has 0 saturated carbocycles. The molecule has 6 heteroatoms. The van der Waals surface area contributed by atoms with Gasteiger partial charge in [0.15, 0.2) is 5.78 Å². The number of rotatable bonds is 6. The van der Waals surface area contributed by atoms with Crippen molar-refractivity contribution >= 4 is 17.5 Å². The molecule has 0 aliphatic carbocycles. The van der Waals surface area contributed by atoms with Gasteiger partial charge in [0.2, 0.25) is 0 Å². The van der Waals surface area contributed by atoms with Crippen molar-refractivity contribution in [2.24, 2.45) is 5.92 Å². The fourth-order valence-electron chi connectivity index (χ4n) is 3.48. The van der Waals surface area contributed by atoms with E-state index in [0.29, 0.717) is 23.7 Å². The average Bonchev–Trinajstić information content (AvgIpc) is 2.69. The molecule has 0 spiro atoms. The van der Waals surface area contributed by atoms with Crippen molar-refractivity contribution in [2.45, 2.75) is 32.2 Å². The molecule has 3 N–H and O–H groups in total. The zero-order valence-corrected chi connectivity index (χ0v) is 16.0. The minimum Gasteiger partial charge on any atom is -0.336 e. The number of urea groups is 1. The van der Waals surface area contributed by atoms with Crippen LogP contribution in [0.2, 0.25) is 0 Å². The van der Waals surface area contributed by atoms with Gasteiger partial charge in [-0.05, 0) is 68.5 Å². The summed E-state index contributed by atoms with van der Waals surface area (Å²) in [6.07, 6.45) is 2.98. The predicted octanol–water partition coefficient (Wildman–Crippen LogP) is 3.76. The zero-order valence-electron chi connectivity index (χ0n) is 16.0. The van der Waals surface area contributed by atoms with Crippen LogP contribution in [-0.4, -0.2) is 30.9 Å². The van der Waals surface area contributed by atoms with Gasteiger partial charge in [0, 0.05) is 23.8 Å². The van der Waals surface area contributed by atoms with Crippen LogP contribution in [0.4, 0.5) is 14.9 Å². The predicted molar refractivity (Wildman–Crippen MR) is 108 cm³/mol. The van der Waals surface area contributed by atoms with Gasteiger partial charge in [-0.1, -0.05) is 24.3 Å². The highest BCUT2D eigenvalue weighted by molar-refractivity contribution is 5.96. The third-order valence-electron chi connectivity index (χ3n) is 5.09. The van der Waals surface area contributed by atoms with E-state index in [1.807, 2.05) is 12.1 Å². The van der Waals surface area contributed by atoms with Crippen LogP contribution in [0.5, 0.6) is 0 Å². The smallest absolute Gasteiger partial charge is 0.319 e. The molecule has 1 aliphatic rings. The largest absolute Gasteiger partial charge is 0.336 e. The molecule has 1 aliphatic heterocycles. The van der Waals surface area contributed by atoms with Gasteiger partial charge in [0.05, 0.1) is 0 Å². The van der Waals surface area contributed by atoms with Gasteiger partial charge in [-0.2, -0.15) is 0 Å². The number of benzene rings is 2. The molecule has 0 unspecified atom stereocenters. The lowest BCUT2D eigenvalue weighted by atomic mass is 9.89. The van der Waals surface area contributed by atoms with E-state index in [9.17, 15) is 14.0 Å². The molecule has 5 nitrogen and oxygen atoms in total. The number of Topliss-reactive ketones (excluding diaryl/α,β-unsaturated/α-hetero) is 1. The summed E-state index contributed by atoms with van der Waals surface area (Å²) in [6, 6.07) is 13.5. The highest BCUT2D eigenvalue weighted by Gasteiger charge is 2.21.